The molecule has 0 aromatic heterocycles. The maximum atomic E-state index is 11.7. The van der Waals surface area contributed by atoms with Crippen molar-refractivity contribution in [2.75, 3.05) is 13.2 Å². The van der Waals surface area contributed by atoms with Crippen molar-refractivity contribution in [3.8, 4) is 18.1 Å². The van der Waals surface area contributed by atoms with Crippen LogP contribution in [0.5, 0.6) is 5.75 Å². The molecule has 0 saturated carbocycles. The summed E-state index contributed by atoms with van der Waals surface area (Å²) in [5.74, 6) is 3.20. The van der Waals surface area contributed by atoms with E-state index in [2.05, 4.69) is 32.5 Å². The van der Waals surface area contributed by atoms with Crippen molar-refractivity contribution in [3.63, 3.8) is 0 Å². The zero-order valence-corrected chi connectivity index (χ0v) is 16.2. The molecular weight excluding hydrogens is 372 g/mol. The van der Waals surface area contributed by atoms with Crippen molar-refractivity contribution in [1.82, 2.24) is 10.6 Å². The first-order valence-electron chi connectivity index (χ1n) is 7.76. The van der Waals surface area contributed by atoms with Crippen LogP contribution in [0.1, 0.15) is 33.3 Å². The van der Waals surface area contributed by atoms with E-state index < -0.39 is 11.7 Å². The smallest absolute Gasteiger partial charge is 0.407 e. The summed E-state index contributed by atoms with van der Waals surface area (Å²) in [4.78, 5) is 11.7. The van der Waals surface area contributed by atoms with E-state index in [1.165, 1.54) is 0 Å². The van der Waals surface area contributed by atoms with Crippen molar-refractivity contribution in [3.05, 3.63) is 28.2 Å². The standard InChI is InChI=1S/C18H25BrN2O3/c1-6-9-23-16-8-7-15(19)10-14(16)12-20-11-13(2)21-17(22)24-18(3,4)5/h1,7-8,10,13,20H,9,11-12H2,2-5H3,(H,21,22). The summed E-state index contributed by atoms with van der Waals surface area (Å²) in [5.41, 5.74) is 0.487. The Hall–Kier alpha value is -1.71. The highest BCUT2D eigenvalue weighted by Gasteiger charge is 2.17. The number of alkyl carbamates (subject to hydrolysis) is 1. The molecule has 1 rings (SSSR count). The first kappa shape index (κ1) is 20.3. The number of rotatable bonds is 7. The van der Waals surface area contributed by atoms with E-state index in [0.29, 0.717) is 13.1 Å². The minimum absolute atomic E-state index is 0.0675. The second kappa shape index (κ2) is 9.55. The molecule has 0 saturated heterocycles. The number of halogens is 1. The second-order valence-electron chi connectivity index (χ2n) is 6.42. The molecule has 0 radical (unpaired) electrons. The van der Waals surface area contributed by atoms with Gasteiger partial charge in [-0.15, -0.1) is 6.42 Å². The van der Waals surface area contributed by atoms with Gasteiger partial charge in [0.15, 0.2) is 0 Å². The van der Waals surface area contributed by atoms with E-state index in [4.69, 9.17) is 15.9 Å². The molecule has 1 unspecified atom stereocenters. The lowest BCUT2D eigenvalue weighted by Gasteiger charge is -2.22. The molecule has 2 N–H and O–H groups in total. The number of hydrogen-bond donors (Lipinski definition) is 2. The van der Waals surface area contributed by atoms with Gasteiger partial charge in [-0.3, -0.25) is 0 Å². The summed E-state index contributed by atoms with van der Waals surface area (Å²) in [6.07, 6.45) is 4.82. The molecule has 1 aromatic rings. The highest BCUT2D eigenvalue weighted by atomic mass is 79.9. The summed E-state index contributed by atoms with van der Waals surface area (Å²) in [5, 5.41) is 6.08. The van der Waals surface area contributed by atoms with Gasteiger partial charge in [-0.2, -0.15) is 0 Å². The van der Waals surface area contributed by atoms with Gasteiger partial charge >= 0.3 is 6.09 Å². The van der Waals surface area contributed by atoms with E-state index in [0.717, 1.165) is 15.8 Å². The number of nitrogens with one attached hydrogen (secondary N) is 2. The fraction of sp³-hybridized carbons (Fsp3) is 0.500. The molecule has 0 spiro atoms. The molecule has 5 nitrogen and oxygen atoms in total. The molecule has 0 aliphatic carbocycles. The highest BCUT2D eigenvalue weighted by Crippen LogP contribution is 2.23. The molecule has 0 fully saturated rings. The van der Waals surface area contributed by atoms with Crippen molar-refractivity contribution < 1.29 is 14.3 Å². The maximum Gasteiger partial charge on any atom is 0.407 e. The van der Waals surface area contributed by atoms with Gasteiger partial charge in [0.25, 0.3) is 0 Å². The van der Waals surface area contributed by atoms with Crippen molar-refractivity contribution >= 4 is 22.0 Å². The van der Waals surface area contributed by atoms with Crippen LogP contribution in [0.25, 0.3) is 0 Å². The third kappa shape index (κ3) is 8.23. The predicted octanol–water partition coefficient (Wildman–Crippen LogP) is 3.46. The van der Waals surface area contributed by atoms with Crippen molar-refractivity contribution in [1.29, 1.82) is 0 Å². The van der Waals surface area contributed by atoms with Gasteiger partial charge in [0, 0.05) is 29.2 Å². The van der Waals surface area contributed by atoms with Crippen LogP contribution >= 0.6 is 15.9 Å². The van der Waals surface area contributed by atoms with Gasteiger partial charge in [-0.25, -0.2) is 4.79 Å². The number of ether oxygens (including phenoxy) is 2. The fourth-order valence-corrected chi connectivity index (χ4v) is 2.34. The van der Waals surface area contributed by atoms with Crippen LogP contribution in [-0.4, -0.2) is 30.9 Å². The van der Waals surface area contributed by atoms with E-state index in [-0.39, 0.29) is 12.6 Å². The molecule has 1 atom stereocenters. The summed E-state index contributed by atoms with van der Waals surface area (Å²) in [6.45, 7) is 8.83. The topological polar surface area (TPSA) is 59.6 Å². The molecule has 1 amide bonds. The van der Waals surface area contributed by atoms with Crippen LogP contribution in [-0.2, 0) is 11.3 Å². The van der Waals surface area contributed by atoms with E-state index in [9.17, 15) is 4.79 Å². The van der Waals surface area contributed by atoms with E-state index in [1.54, 1.807) is 0 Å². The predicted molar refractivity (Wildman–Crippen MR) is 99.0 cm³/mol. The molecule has 1 aromatic carbocycles. The largest absolute Gasteiger partial charge is 0.481 e. The van der Waals surface area contributed by atoms with Gasteiger partial charge in [0.05, 0.1) is 0 Å². The third-order valence-corrected chi connectivity index (χ3v) is 3.36. The minimum atomic E-state index is -0.503. The SMILES string of the molecule is C#CCOc1ccc(Br)cc1CNCC(C)NC(=O)OC(C)(C)C. The lowest BCUT2D eigenvalue weighted by Crippen LogP contribution is -2.42. The Morgan fingerprint density at radius 3 is 2.75 bits per heavy atom. The van der Waals surface area contributed by atoms with Gasteiger partial charge in [0.2, 0.25) is 0 Å². The van der Waals surface area contributed by atoms with Gasteiger partial charge < -0.3 is 20.1 Å². The number of terminal acetylenes is 1. The van der Waals surface area contributed by atoms with Crippen LogP contribution in [0, 0.1) is 12.3 Å². The number of carbonyl (C=O) groups is 1. The first-order chi connectivity index (χ1) is 11.2. The average Bonchev–Trinajstić information content (AvgIpc) is 2.44. The van der Waals surface area contributed by atoms with E-state index >= 15 is 0 Å². The Bertz CT molecular complexity index is 591. The summed E-state index contributed by atoms with van der Waals surface area (Å²) in [7, 11) is 0. The normalized spacial score (nSPS) is 12.2. The van der Waals surface area contributed by atoms with Crippen LogP contribution in [0.3, 0.4) is 0 Å². The monoisotopic (exact) mass is 396 g/mol. The van der Waals surface area contributed by atoms with Gasteiger partial charge in [0.1, 0.15) is 18.0 Å². The lowest BCUT2D eigenvalue weighted by molar-refractivity contribution is 0.0508. The molecule has 0 heterocycles. The first-order valence-corrected chi connectivity index (χ1v) is 8.55. The van der Waals surface area contributed by atoms with E-state index in [1.807, 2.05) is 45.9 Å². The summed E-state index contributed by atoms with van der Waals surface area (Å²) >= 11 is 3.45. The zero-order valence-electron chi connectivity index (χ0n) is 14.6. The zero-order chi connectivity index (χ0) is 18.2. The molecule has 0 aliphatic rings. The van der Waals surface area contributed by atoms with Crippen molar-refractivity contribution in [2.45, 2.75) is 45.9 Å². The van der Waals surface area contributed by atoms with Crippen LogP contribution < -0.4 is 15.4 Å². The molecule has 24 heavy (non-hydrogen) atoms. The second-order valence-corrected chi connectivity index (χ2v) is 7.34. The highest BCUT2D eigenvalue weighted by molar-refractivity contribution is 9.10. The van der Waals surface area contributed by atoms with Crippen LogP contribution in [0.4, 0.5) is 4.79 Å². The number of hydrogen-bond acceptors (Lipinski definition) is 4. The molecule has 132 valence electrons. The Morgan fingerprint density at radius 1 is 1.42 bits per heavy atom. The third-order valence-electron chi connectivity index (χ3n) is 2.86. The lowest BCUT2D eigenvalue weighted by atomic mass is 10.2. The Morgan fingerprint density at radius 2 is 2.12 bits per heavy atom. The van der Waals surface area contributed by atoms with Gasteiger partial charge in [-0.1, -0.05) is 21.9 Å². The Balaban J connectivity index is 2.48. The van der Waals surface area contributed by atoms with Gasteiger partial charge in [-0.05, 0) is 45.9 Å². The Labute approximate surface area is 152 Å². The summed E-state index contributed by atoms with van der Waals surface area (Å²) in [6, 6.07) is 5.69. The van der Waals surface area contributed by atoms with Crippen LogP contribution in [0.15, 0.2) is 22.7 Å². The minimum Gasteiger partial charge on any atom is -0.481 e. The fourth-order valence-electron chi connectivity index (χ4n) is 1.93. The maximum absolute atomic E-state index is 11.7. The number of carbonyl (C=O) groups excluding carboxylic acids is 1. The number of benzene rings is 1. The molecule has 0 bridgehead atoms. The molecule has 0 aliphatic heterocycles. The van der Waals surface area contributed by atoms with Crippen LogP contribution in [0.2, 0.25) is 0 Å². The molecule has 6 heteroatoms. The number of amides is 1. The summed E-state index contributed by atoms with van der Waals surface area (Å²) < 4.78 is 11.7. The quantitative estimate of drug-likeness (QED) is 0.692. The Kier molecular flexibility index (Phi) is 8.09. The van der Waals surface area contributed by atoms with Crippen molar-refractivity contribution in [2.24, 2.45) is 0 Å². The molecular formula is C18H25BrN2O3. The average molecular weight is 397 g/mol.